The zero-order chi connectivity index (χ0) is 15.9. The van der Waals surface area contributed by atoms with Crippen LogP contribution in [0.25, 0.3) is 0 Å². The van der Waals surface area contributed by atoms with Crippen LogP contribution in [0.15, 0.2) is 4.52 Å². The number of nitrogens with zero attached hydrogens (tertiary/aromatic N) is 4. The van der Waals surface area contributed by atoms with Gasteiger partial charge in [0.15, 0.2) is 5.82 Å². The number of methoxy groups -OCH3 is 1. The van der Waals surface area contributed by atoms with Gasteiger partial charge in [0.2, 0.25) is 11.8 Å². The first kappa shape index (κ1) is 16.9. The van der Waals surface area contributed by atoms with Gasteiger partial charge >= 0.3 is 0 Å². The molecule has 1 atom stereocenters. The molecular weight excluding hydrogens is 286 g/mol. The minimum Gasteiger partial charge on any atom is -0.383 e. The van der Waals surface area contributed by atoms with Gasteiger partial charge in [0.05, 0.1) is 19.2 Å². The molecule has 0 aliphatic carbocycles. The van der Waals surface area contributed by atoms with Crippen molar-refractivity contribution in [1.82, 2.24) is 25.3 Å². The molecule has 1 saturated heterocycles. The van der Waals surface area contributed by atoms with Crippen molar-refractivity contribution < 1.29 is 14.1 Å². The smallest absolute Gasteiger partial charge is 0.243 e. The number of amides is 1. The number of aromatic nitrogens is 2. The molecule has 0 bridgehead atoms. The van der Waals surface area contributed by atoms with Crippen LogP contribution in [0.1, 0.15) is 24.7 Å². The number of piperazine rings is 1. The number of hydrogen-bond donors (Lipinski definition) is 1. The lowest BCUT2D eigenvalue weighted by Crippen LogP contribution is -2.51. The number of rotatable bonds is 7. The highest BCUT2D eigenvalue weighted by Crippen LogP contribution is 2.19. The minimum absolute atomic E-state index is 0.0817. The van der Waals surface area contributed by atoms with E-state index in [1.165, 1.54) is 0 Å². The molecule has 1 N–H and O–H groups in total. The second kappa shape index (κ2) is 8.21. The zero-order valence-corrected chi connectivity index (χ0v) is 13.5. The van der Waals surface area contributed by atoms with E-state index in [1.54, 1.807) is 7.11 Å². The Morgan fingerprint density at radius 1 is 1.41 bits per heavy atom. The van der Waals surface area contributed by atoms with E-state index in [9.17, 15) is 4.79 Å². The molecule has 124 valence electrons. The minimum atomic E-state index is 0.0817. The van der Waals surface area contributed by atoms with Crippen molar-refractivity contribution in [3.63, 3.8) is 0 Å². The first-order valence-electron chi connectivity index (χ1n) is 7.63. The summed E-state index contributed by atoms with van der Waals surface area (Å²) >= 11 is 0. The third-order valence-electron chi connectivity index (χ3n) is 3.87. The lowest BCUT2D eigenvalue weighted by molar-refractivity contribution is -0.132. The van der Waals surface area contributed by atoms with E-state index in [0.29, 0.717) is 31.4 Å². The Morgan fingerprint density at radius 3 is 2.73 bits per heavy atom. The SMILES string of the molecule is COCCNCC(=O)N1CCN(C(C)c2nc(C)no2)CC1. The van der Waals surface area contributed by atoms with Gasteiger partial charge in [0.25, 0.3) is 0 Å². The van der Waals surface area contributed by atoms with Gasteiger partial charge in [-0.25, -0.2) is 0 Å². The maximum atomic E-state index is 12.1. The van der Waals surface area contributed by atoms with Gasteiger partial charge in [-0.3, -0.25) is 9.69 Å². The van der Waals surface area contributed by atoms with Gasteiger partial charge in [-0.05, 0) is 13.8 Å². The number of hydrogen-bond acceptors (Lipinski definition) is 7. The highest BCUT2D eigenvalue weighted by molar-refractivity contribution is 5.78. The molecule has 0 aromatic carbocycles. The molecule has 1 fully saturated rings. The third kappa shape index (κ3) is 4.49. The summed E-state index contributed by atoms with van der Waals surface area (Å²) < 4.78 is 10.2. The Balaban J connectivity index is 1.74. The van der Waals surface area contributed by atoms with Gasteiger partial charge in [-0.15, -0.1) is 0 Å². The molecule has 2 rings (SSSR count). The van der Waals surface area contributed by atoms with Gasteiger partial charge < -0.3 is 19.5 Å². The number of aryl methyl sites for hydroxylation is 1. The van der Waals surface area contributed by atoms with Crippen LogP contribution in [0.4, 0.5) is 0 Å². The molecular formula is C14H25N5O3. The van der Waals surface area contributed by atoms with Crippen LogP contribution >= 0.6 is 0 Å². The van der Waals surface area contributed by atoms with E-state index in [1.807, 2.05) is 11.8 Å². The number of nitrogens with one attached hydrogen (secondary N) is 1. The fourth-order valence-corrected chi connectivity index (χ4v) is 2.48. The van der Waals surface area contributed by atoms with Gasteiger partial charge in [-0.1, -0.05) is 5.16 Å². The lowest BCUT2D eigenvalue weighted by atomic mass is 10.2. The maximum Gasteiger partial charge on any atom is 0.243 e. The van der Waals surface area contributed by atoms with E-state index in [4.69, 9.17) is 9.26 Å². The second-order valence-electron chi connectivity index (χ2n) is 5.44. The average Bonchev–Trinajstić information content (AvgIpc) is 2.97. The van der Waals surface area contributed by atoms with Crippen molar-refractivity contribution in [3.8, 4) is 0 Å². The molecule has 0 spiro atoms. The average molecular weight is 311 g/mol. The van der Waals surface area contributed by atoms with Crippen LogP contribution in [0, 0.1) is 6.92 Å². The highest BCUT2D eigenvalue weighted by atomic mass is 16.5. The molecule has 1 amide bonds. The van der Waals surface area contributed by atoms with Gasteiger partial charge in [0, 0.05) is 39.8 Å². The van der Waals surface area contributed by atoms with Crippen molar-refractivity contribution in [2.45, 2.75) is 19.9 Å². The first-order chi connectivity index (χ1) is 10.6. The predicted octanol–water partition coefficient (Wildman–Crippen LogP) is -0.181. The monoisotopic (exact) mass is 311 g/mol. The highest BCUT2D eigenvalue weighted by Gasteiger charge is 2.27. The molecule has 8 heteroatoms. The van der Waals surface area contributed by atoms with Gasteiger partial charge in [-0.2, -0.15) is 4.98 Å². The molecule has 1 aliphatic heterocycles. The number of ether oxygens (including phenoxy) is 1. The molecule has 8 nitrogen and oxygen atoms in total. The molecule has 0 radical (unpaired) electrons. The molecule has 22 heavy (non-hydrogen) atoms. The standard InChI is InChI=1S/C14H25N5O3/c1-11(14-16-12(2)17-22-14)18-5-7-19(8-6-18)13(20)10-15-4-9-21-3/h11,15H,4-10H2,1-3H3. The van der Waals surface area contributed by atoms with E-state index in [2.05, 4.69) is 27.3 Å². The fraction of sp³-hybridized carbons (Fsp3) is 0.786. The first-order valence-corrected chi connectivity index (χ1v) is 7.63. The Morgan fingerprint density at radius 2 is 2.14 bits per heavy atom. The molecule has 1 unspecified atom stereocenters. The summed E-state index contributed by atoms with van der Waals surface area (Å²) in [7, 11) is 1.65. The molecule has 2 heterocycles. The van der Waals surface area contributed by atoms with Crippen molar-refractivity contribution in [2.75, 3.05) is 53.0 Å². The normalized spacial score (nSPS) is 17.7. The Bertz CT molecular complexity index is 471. The summed E-state index contributed by atoms with van der Waals surface area (Å²) in [5.74, 6) is 1.42. The summed E-state index contributed by atoms with van der Waals surface area (Å²) in [5, 5.41) is 6.91. The van der Waals surface area contributed by atoms with E-state index >= 15 is 0 Å². The van der Waals surface area contributed by atoms with Crippen LogP contribution in [-0.4, -0.2) is 78.8 Å². The van der Waals surface area contributed by atoms with Crippen LogP contribution < -0.4 is 5.32 Å². The molecule has 1 aromatic heterocycles. The second-order valence-corrected chi connectivity index (χ2v) is 5.44. The molecule has 1 aromatic rings. The molecule has 0 saturated carbocycles. The summed E-state index contributed by atoms with van der Waals surface area (Å²) in [4.78, 5) is 20.5. The summed E-state index contributed by atoms with van der Waals surface area (Å²) in [6.45, 7) is 8.60. The zero-order valence-electron chi connectivity index (χ0n) is 13.5. The fourth-order valence-electron chi connectivity index (χ4n) is 2.48. The number of carbonyl (C=O) groups excluding carboxylic acids is 1. The largest absolute Gasteiger partial charge is 0.383 e. The van der Waals surface area contributed by atoms with Crippen LogP contribution in [0.3, 0.4) is 0 Å². The summed E-state index contributed by atoms with van der Waals surface area (Å²) in [5.41, 5.74) is 0. The summed E-state index contributed by atoms with van der Waals surface area (Å²) in [6.07, 6.45) is 0. The van der Waals surface area contributed by atoms with E-state index in [0.717, 1.165) is 26.2 Å². The quantitative estimate of drug-likeness (QED) is 0.699. The predicted molar refractivity (Wildman–Crippen MR) is 80.3 cm³/mol. The Labute approximate surface area is 130 Å². The van der Waals surface area contributed by atoms with Crippen LogP contribution in [-0.2, 0) is 9.53 Å². The van der Waals surface area contributed by atoms with Gasteiger partial charge in [0.1, 0.15) is 0 Å². The summed E-state index contributed by atoms with van der Waals surface area (Å²) in [6, 6.07) is 0.0817. The van der Waals surface area contributed by atoms with Crippen molar-refractivity contribution >= 4 is 5.91 Å². The van der Waals surface area contributed by atoms with Crippen LogP contribution in [0.5, 0.6) is 0 Å². The topological polar surface area (TPSA) is 83.7 Å². The maximum absolute atomic E-state index is 12.1. The van der Waals surface area contributed by atoms with Crippen LogP contribution in [0.2, 0.25) is 0 Å². The van der Waals surface area contributed by atoms with E-state index in [-0.39, 0.29) is 11.9 Å². The van der Waals surface area contributed by atoms with Crippen molar-refractivity contribution in [3.05, 3.63) is 11.7 Å². The lowest BCUT2D eigenvalue weighted by Gasteiger charge is -2.36. The van der Waals surface area contributed by atoms with E-state index < -0.39 is 0 Å². The molecule has 1 aliphatic rings. The van der Waals surface area contributed by atoms with Crippen molar-refractivity contribution in [1.29, 1.82) is 0 Å². The Kier molecular flexibility index (Phi) is 6.29. The Hall–Kier alpha value is -1.51. The number of carbonyl (C=O) groups is 1. The van der Waals surface area contributed by atoms with Crippen molar-refractivity contribution in [2.24, 2.45) is 0 Å². The third-order valence-corrected chi connectivity index (χ3v) is 3.87.